The third kappa shape index (κ3) is 5.73. The Morgan fingerprint density at radius 3 is 2.74 bits per heavy atom. The van der Waals surface area contributed by atoms with Crippen LogP contribution >= 0.6 is 0 Å². The van der Waals surface area contributed by atoms with Gasteiger partial charge in [-0.15, -0.1) is 0 Å². The molecule has 1 heterocycles. The number of aromatic hydroxyl groups is 1. The van der Waals surface area contributed by atoms with Gasteiger partial charge in [-0.25, -0.2) is 4.79 Å². The highest BCUT2D eigenvalue weighted by molar-refractivity contribution is 5.92. The van der Waals surface area contributed by atoms with Crippen LogP contribution in [0, 0.1) is 5.92 Å². The van der Waals surface area contributed by atoms with Crippen molar-refractivity contribution in [1.29, 1.82) is 0 Å². The second kappa shape index (κ2) is 8.74. The van der Waals surface area contributed by atoms with Gasteiger partial charge in [0.1, 0.15) is 43.3 Å². The zero-order valence-electron chi connectivity index (χ0n) is 13.8. The zero-order valence-corrected chi connectivity index (χ0v) is 13.8. The van der Waals surface area contributed by atoms with E-state index in [-0.39, 0.29) is 11.3 Å². The van der Waals surface area contributed by atoms with Gasteiger partial charge >= 0.3 is 5.97 Å². The number of nitrogens with one attached hydrogen (secondary N) is 1. The summed E-state index contributed by atoms with van der Waals surface area (Å²) in [4.78, 5) is 13.4. The average molecular weight is 324 g/mol. The Bertz CT molecular complexity index is 512. The molecule has 1 aliphatic heterocycles. The van der Waals surface area contributed by atoms with Gasteiger partial charge in [0, 0.05) is 6.07 Å². The summed E-state index contributed by atoms with van der Waals surface area (Å²) in [5.41, 5.74) is 0.166. The highest BCUT2D eigenvalue weighted by atomic mass is 16.5. The summed E-state index contributed by atoms with van der Waals surface area (Å²) in [5.74, 6) is 0.315. The SMILES string of the molecule is CC(C)COc1ccc(C(=O)OCC[NH+]2CCOCC2)c(O)c1. The molecule has 23 heavy (non-hydrogen) atoms. The third-order valence-corrected chi connectivity index (χ3v) is 3.66. The topological polar surface area (TPSA) is 69.4 Å². The van der Waals surface area contributed by atoms with Crippen LogP contribution in [0.5, 0.6) is 11.5 Å². The van der Waals surface area contributed by atoms with Gasteiger partial charge < -0.3 is 24.2 Å². The summed E-state index contributed by atoms with van der Waals surface area (Å²) in [7, 11) is 0. The van der Waals surface area contributed by atoms with Crippen molar-refractivity contribution in [3.05, 3.63) is 23.8 Å². The van der Waals surface area contributed by atoms with Crippen molar-refractivity contribution in [1.82, 2.24) is 0 Å². The Hall–Kier alpha value is -1.79. The number of rotatable bonds is 7. The van der Waals surface area contributed by atoms with E-state index >= 15 is 0 Å². The van der Waals surface area contributed by atoms with Crippen molar-refractivity contribution in [2.75, 3.05) is 46.1 Å². The molecule has 2 rings (SSSR count). The number of quaternary nitrogens is 1. The van der Waals surface area contributed by atoms with Crippen LogP contribution in [-0.4, -0.2) is 57.1 Å². The number of ether oxygens (including phenoxy) is 3. The molecule has 0 aliphatic carbocycles. The number of phenols is 1. The summed E-state index contributed by atoms with van der Waals surface area (Å²) < 4.78 is 16.0. The molecule has 6 nitrogen and oxygen atoms in total. The molecule has 1 aliphatic rings. The lowest BCUT2D eigenvalue weighted by Crippen LogP contribution is -3.14. The smallest absolute Gasteiger partial charge is 0.342 e. The van der Waals surface area contributed by atoms with Crippen molar-refractivity contribution in [3.8, 4) is 11.5 Å². The van der Waals surface area contributed by atoms with Gasteiger partial charge in [-0.2, -0.15) is 0 Å². The maximum atomic E-state index is 12.0. The second-order valence-corrected chi connectivity index (χ2v) is 6.13. The Labute approximate surface area is 136 Å². The molecule has 0 spiro atoms. The first-order valence-electron chi connectivity index (χ1n) is 8.10. The minimum Gasteiger partial charge on any atom is -0.507 e. The molecule has 0 aromatic heterocycles. The van der Waals surface area contributed by atoms with Crippen molar-refractivity contribution in [2.45, 2.75) is 13.8 Å². The van der Waals surface area contributed by atoms with Crippen LogP contribution in [0.1, 0.15) is 24.2 Å². The van der Waals surface area contributed by atoms with Gasteiger partial charge in [0.05, 0.1) is 19.8 Å². The molecule has 6 heteroatoms. The number of carbonyl (C=O) groups is 1. The highest BCUT2D eigenvalue weighted by Gasteiger charge is 2.17. The highest BCUT2D eigenvalue weighted by Crippen LogP contribution is 2.24. The van der Waals surface area contributed by atoms with Crippen LogP contribution in [0.4, 0.5) is 0 Å². The maximum Gasteiger partial charge on any atom is 0.342 e. The number of hydrogen-bond acceptors (Lipinski definition) is 5. The van der Waals surface area contributed by atoms with Crippen LogP contribution < -0.4 is 9.64 Å². The van der Waals surface area contributed by atoms with Gasteiger partial charge in [0.2, 0.25) is 0 Å². The molecule has 128 valence electrons. The van der Waals surface area contributed by atoms with Crippen molar-refractivity contribution in [3.63, 3.8) is 0 Å². The number of carbonyl (C=O) groups excluding carboxylic acids is 1. The average Bonchev–Trinajstić information content (AvgIpc) is 2.54. The lowest BCUT2D eigenvalue weighted by Gasteiger charge is -2.23. The largest absolute Gasteiger partial charge is 0.507 e. The van der Waals surface area contributed by atoms with Gasteiger partial charge in [-0.1, -0.05) is 13.8 Å². The van der Waals surface area contributed by atoms with E-state index in [1.807, 2.05) is 13.8 Å². The van der Waals surface area contributed by atoms with E-state index < -0.39 is 5.97 Å². The van der Waals surface area contributed by atoms with Gasteiger partial charge in [-0.05, 0) is 18.1 Å². The predicted octanol–water partition coefficient (Wildman–Crippen LogP) is 0.499. The van der Waals surface area contributed by atoms with Gasteiger partial charge in [-0.3, -0.25) is 0 Å². The van der Waals surface area contributed by atoms with Crippen LogP contribution in [0.3, 0.4) is 0 Å². The fourth-order valence-electron chi connectivity index (χ4n) is 2.31. The molecule has 0 saturated carbocycles. The molecule has 0 radical (unpaired) electrons. The molecule has 0 atom stereocenters. The normalized spacial score (nSPS) is 15.6. The lowest BCUT2D eigenvalue weighted by molar-refractivity contribution is -0.908. The predicted molar refractivity (Wildman–Crippen MR) is 85.1 cm³/mol. The molecule has 2 N–H and O–H groups in total. The first-order chi connectivity index (χ1) is 11.1. The van der Waals surface area contributed by atoms with E-state index in [0.717, 1.165) is 32.8 Å². The fourth-order valence-corrected chi connectivity index (χ4v) is 2.31. The van der Waals surface area contributed by atoms with Crippen LogP contribution in [0.25, 0.3) is 0 Å². The number of hydrogen-bond donors (Lipinski definition) is 2. The summed E-state index contributed by atoms with van der Waals surface area (Å²) in [6.07, 6.45) is 0. The van der Waals surface area contributed by atoms with Gasteiger partial charge in [0.25, 0.3) is 0 Å². The number of morpholine rings is 1. The molecule has 0 unspecified atom stereocenters. The maximum absolute atomic E-state index is 12.0. The monoisotopic (exact) mass is 324 g/mol. The van der Waals surface area contributed by atoms with Crippen LogP contribution in [0.2, 0.25) is 0 Å². The van der Waals surface area contributed by atoms with E-state index in [2.05, 4.69) is 0 Å². The Morgan fingerprint density at radius 2 is 2.09 bits per heavy atom. The minimum absolute atomic E-state index is 0.116. The number of esters is 1. The molecular formula is C17H26NO5+. The summed E-state index contributed by atoms with van der Waals surface area (Å²) in [6, 6.07) is 4.66. The molecule has 0 amide bonds. The van der Waals surface area contributed by atoms with E-state index in [9.17, 15) is 9.90 Å². The van der Waals surface area contributed by atoms with Crippen molar-refractivity contribution in [2.24, 2.45) is 5.92 Å². The molecule has 0 bridgehead atoms. The molecule has 1 aromatic carbocycles. The molecular weight excluding hydrogens is 298 g/mol. The quantitative estimate of drug-likeness (QED) is 0.715. The Morgan fingerprint density at radius 1 is 1.35 bits per heavy atom. The fraction of sp³-hybridized carbons (Fsp3) is 0.588. The van der Waals surface area contributed by atoms with Gasteiger partial charge in [0.15, 0.2) is 0 Å². The standard InChI is InChI=1S/C17H25NO5/c1-13(2)12-23-14-3-4-15(16(19)11-14)17(20)22-10-7-18-5-8-21-9-6-18/h3-4,11,13,19H,5-10,12H2,1-2H3/p+1. The van der Waals surface area contributed by atoms with Crippen molar-refractivity contribution < 1.29 is 29.0 Å². The lowest BCUT2D eigenvalue weighted by atomic mass is 10.2. The molecule has 1 fully saturated rings. The van der Waals surface area contributed by atoms with E-state index in [1.165, 1.54) is 17.0 Å². The Balaban J connectivity index is 1.81. The summed E-state index contributed by atoms with van der Waals surface area (Å²) >= 11 is 0. The Kier molecular flexibility index (Phi) is 6.67. The van der Waals surface area contributed by atoms with Crippen LogP contribution in [0.15, 0.2) is 18.2 Å². The second-order valence-electron chi connectivity index (χ2n) is 6.13. The van der Waals surface area contributed by atoms with E-state index in [1.54, 1.807) is 6.07 Å². The zero-order chi connectivity index (χ0) is 16.7. The van der Waals surface area contributed by atoms with Crippen molar-refractivity contribution >= 4 is 5.97 Å². The molecule has 1 aromatic rings. The minimum atomic E-state index is -0.509. The first-order valence-corrected chi connectivity index (χ1v) is 8.10. The summed E-state index contributed by atoms with van der Waals surface area (Å²) in [5, 5.41) is 9.97. The number of benzene rings is 1. The molecule has 1 saturated heterocycles. The van der Waals surface area contributed by atoms with E-state index in [4.69, 9.17) is 14.2 Å². The third-order valence-electron chi connectivity index (χ3n) is 3.66. The first kappa shape index (κ1) is 17.6. The van der Waals surface area contributed by atoms with E-state index in [0.29, 0.717) is 24.9 Å². The summed E-state index contributed by atoms with van der Waals surface area (Å²) in [6.45, 7) is 9.11. The van der Waals surface area contributed by atoms with Crippen LogP contribution in [-0.2, 0) is 9.47 Å². The number of phenolic OH excluding ortho intramolecular Hbond substituents is 1.